The van der Waals surface area contributed by atoms with Crippen LogP contribution < -0.4 is 21.7 Å². The Balaban J connectivity index is 2.11. The van der Waals surface area contributed by atoms with E-state index >= 15 is 0 Å². The maximum Gasteiger partial charge on any atom is 0.122 e. The van der Waals surface area contributed by atoms with Crippen LogP contribution in [-0.2, 0) is 12.8 Å². The lowest BCUT2D eigenvalue weighted by Gasteiger charge is -2.18. The van der Waals surface area contributed by atoms with E-state index in [4.69, 9.17) is 16.3 Å². The molecule has 106 valence electrons. The minimum Gasteiger partial charge on any atom is -0.496 e. The standard InChI is InChI=1S/C15H20N4O/c1-20-15-5-3-2-4-11(15)8-13(19-17)9-12-10-18-7-6-14(12)16/h2-7,10,13,19H,8-9,17H2,1H3,(H2,16,18). The van der Waals surface area contributed by atoms with E-state index in [1.54, 1.807) is 25.6 Å². The van der Waals surface area contributed by atoms with Crippen LogP contribution in [0.3, 0.4) is 0 Å². The highest BCUT2D eigenvalue weighted by Gasteiger charge is 2.13. The first-order valence-electron chi connectivity index (χ1n) is 6.51. The molecule has 2 rings (SSSR count). The second-order valence-electron chi connectivity index (χ2n) is 4.66. The fourth-order valence-electron chi connectivity index (χ4n) is 2.20. The van der Waals surface area contributed by atoms with Crippen molar-refractivity contribution < 1.29 is 4.74 Å². The molecule has 1 aromatic heterocycles. The summed E-state index contributed by atoms with van der Waals surface area (Å²) in [6, 6.07) is 9.79. The number of hydrogen-bond donors (Lipinski definition) is 3. The van der Waals surface area contributed by atoms with Gasteiger partial charge in [-0.25, -0.2) is 0 Å². The van der Waals surface area contributed by atoms with Crippen LogP contribution in [0.25, 0.3) is 0 Å². The van der Waals surface area contributed by atoms with Gasteiger partial charge in [-0.15, -0.1) is 0 Å². The summed E-state index contributed by atoms with van der Waals surface area (Å²) in [5, 5.41) is 0. The monoisotopic (exact) mass is 272 g/mol. The average Bonchev–Trinajstić information content (AvgIpc) is 2.49. The van der Waals surface area contributed by atoms with Gasteiger partial charge in [0.1, 0.15) is 5.75 Å². The number of nitrogen functional groups attached to an aromatic ring is 1. The van der Waals surface area contributed by atoms with Gasteiger partial charge in [0, 0.05) is 24.1 Å². The highest BCUT2D eigenvalue weighted by Crippen LogP contribution is 2.20. The van der Waals surface area contributed by atoms with Crippen LogP contribution in [-0.4, -0.2) is 18.1 Å². The Morgan fingerprint density at radius 3 is 2.65 bits per heavy atom. The molecule has 0 saturated heterocycles. The van der Waals surface area contributed by atoms with E-state index in [1.165, 1.54) is 0 Å². The number of nitrogens with two attached hydrogens (primary N) is 2. The number of rotatable bonds is 6. The maximum atomic E-state index is 5.94. The molecule has 20 heavy (non-hydrogen) atoms. The highest BCUT2D eigenvalue weighted by molar-refractivity contribution is 5.45. The van der Waals surface area contributed by atoms with Crippen molar-refractivity contribution >= 4 is 5.69 Å². The molecule has 2 aromatic rings. The quantitative estimate of drug-likeness (QED) is 0.545. The van der Waals surface area contributed by atoms with Crippen LogP contribution in [0.4, 0.5) is 5.69 Å². The summed E-state index contributed by atoms with van der Waals surface area (Å²) in [5.41, 5.74) is 11.6. The predicted molar refractivity (Wildman–Crippen MR) is 80.2 cm³/mol. The number of pyridine rings is 1. The number of aromatic nitrogens is 1. The van der Waals surface area contributed by atoms with Crippen LogP contribution in [0, 0.1) is 0 Å². The average molecular weight is 272 g/mol. The van der Waals surface area contributed by atoms with Gasteiger partial charge < -0.3 is 10.5 Å². The first-order chi connectivity index (χ1) is 9.74. The van der Waals surface area contributed by atoms with Gasteiger partial charge in [-0.1, -0.05) is 18.2 Å². The Labute approximate surface area is 118 Å². The summed E-state index contributed by atoms with van der Waals surface area (Å²) >= 11 is 0. The fraction of sp³-hybridized carbons (Fsp3) is 0.267. The Bertz CT molecular complexity index is 559. The first-order valence-corrected chi connectivity index (χ1v) is 6.51. The van der Waals surface area contributed by atoms with Crippen LogP contribution in [0.5, 0.6) is 5.75 Å². The lowest BCUT2D eigenvalue weighted by molar-refractivity contribution is 0.404. The molecule has 5 heteroatoms. The molecule has 0 fully saturated rings. The van der Waals surface area contributed by atoms with E-state index in [0.29, 0.717) is 6.42 Å². The molecule has 0 aliphatic carbocycles. The van der Waals surface area contributed by atoms with Crippen LogP contribution in [0.2, 0.25) is 0 Å². The molecule has 0 saturated carbocycles. The van der Waals surface area contributed by atoms with Gasteiger partial charge in [-0.2, -0.15) is 0 Å². The summed E-state index contributed by atoms with van der Waals surface area (Å²) in [6.07, 6.45) is 4.94. The van der Waals surface area contributed by atoms with Crippen molar-refractivity contribution in [1.82, 2.24) is 10.4 Å². The maximum absolute atomic E-state index is 5.94. The van der Waals surface area contributed by atoms with Gasteiger partial charge in [-0.3, -0.25) is 16.3 Å². The van der Waals surface area contributed by atoms with Crippen molar-refractivity contribution in [1.29, 1.82) is 0 Å². The summed E-state index contributed by atoms with van der Waals surface area (Å²) in [4.78, 5) is 4.10. The number of benzene rings is 1. The Morgan fingerprint density at radius 1 is 1.20 bits per heavy atom. The van der Waals surface area contributed by atoms with E-state index in [1.807, 2.05) is 24.3 Å². The molecule has 0 radical (unpaired) electrons. The Morgan fingerprint density at radius 2 is 1.95 bits per heavy atom. The molecule has 5 nitrogen and oxygen atoms in total. The van der Waals surface area contributed by atoms with Crippen molar-refractivity contribution in [3.63, 3.8) is 0 Å². The smallest absolute Gasteiger partial charge is 0.122 e. The molecular weight excluding hydrogens is 252 g/mol. The third-order valence-corrected chi connectivity index (χ3v) is 3.30. The molecule has 1 heterocycles. The van der Waals surface area contributed by atoms with Crippen molar-refractivity contribution in [2.24, 2.45) is 5.84 Å². The van der Waals surface area contributed by atoms with Gasteiger partial charge in [0.2, 0.25) is 0 Å². The van der Waals surface area contributed by atoms with E-state index in [-0.39, 0.29) is 6.04 Å². The molecule has 0 amide bonds. The number of hydrogen-bond acceptors (Lipinski definition) is 5. The third-order valence-electron chi connectivity index (χ3n) is 3.30. The molecule has 0 aliphatic heterocycles. The molecule has 0 spiro atoms. The fourth-order valence-corrected chi connectivity index (χ4v) is 2.20. The zero-order valence-corrected chi connectivity index (χ0v) is 11.5. The Kier molecular flexibility index (Phi) is 4.92. The van der Waals surface area contributed by atoms with Crippen molar-refractivity contribution in [2.75, 3.05) is 12.8 Å². The normalized spacial score (nSPS) is 12.1. The van der Waals surface area contributed by atoms with Crippen molar-refractivity contribution in [2.45, 2.75) is 18.9 Å². The van der Waals surface area contributed by atoms with Crippen molar-refractivity contribution in [3.8, 4) is 5.75 Å². The summed E-state index contributed by atoms with van der Waals surface area (Å²) in [6.45, 7) is 0. The number of anilines is 1. The van der Waals surface area contributed by atoms with Gasteiger partial charge in [0.15, 0.2) is 0 Å². The molecule has 0 aliphatic rings. The van der Waals surface area contributed by atoms with Crippen LogP contribution >= 0.6 is 0 Å². The molecule has 1 unspecified atom stereocenters. The second-order valence-corrected chi connectivity index (χ2v) is 4.66. The topological polar surface area (TPSA) is 86.2 Å². The number of ether oxygens (including phenoxy) is 1. The van der Waals surface area contributed by atoms with Crippen LogP contribution in [0.15, 0.2) is 42.7 Å². The zero-order valence-electron chi connectivity index (χ0n) is 11.5. The summed E-state index contributed by atoms with van der Waals surface area (Å²) < 4.78 is 5.36. The zero-order chi connectivity index (χ0) is 14.4. The molecule has 5 N–H and O–H groups in total. The van der Waals surface area contributed by atoms with Crippen LogP contribution in [0.1, 0.15) is 11.1 Å². The van der Waals surface area contributed by atoms with Gasteiger partial charge in [-0.05, 0) is 36.1 Å². The van der Waals surface area contributed by atoms with E-state index < -0.39 is 0 Å². The minimum absolute atomic E-state index is 0.0674. The second kappa shape index (κ2) is 6.88. The number of methoxy groups -OCH3 is 1. The minimum atomic E-state index is 0.0674. The van der Waals surface area contributed by atoms with E-state index in [0.717, 1.165) is 29.0 Å². The Hall–Kier alpha value is -2.11. The van der Waals surface area contributed by atoms with Gasteiger partial charge in [0.05, 0.1) is 7.11 Å². The summed E-state index contributed by atoms with van der Waals surface area (Å²) in [5.74, 6) is 6.53. The van der Waals surface area contributed by atoms with E-state index in [9.17, 15) is 0 Å². The number of nitrogens with zero attached hydrogens (tertiary/aromatic N) is 1. The molecule has 1 atom stereocenters. The first kappa shape index (κ1) is 14.3. The number of nitrogens with one attached hydrogen (secondary N) is 1. The highest BCUT2D eigenvalue weighted by atomic mass is 16.5. The van der Waals surface area contributed by atoms with Crippen molar-refractivity contribution in [3.05, 3.63) is 53.9 Å². The number of hydrazine groups is 1. The lowest BCUT2D eigenvalue weighted by atomic mass is 9.99. The largest absolute Gasteiger partial charge is 0.496 e. The third kappa shape index (κ3) is 3.46. The van der Waals surface area contributed by atoms with Gasteiger partial charge in [0.25, 0.3) is 0 Å². The predicted octanol–water partition coefficient (Wildman–Crippen LogP) is 1.29. The number of para-hydroxylation sites is 1. The van der Waals surface area contributed by atoms with E-state index in [2.05, 4.69) is 10.4 Å². The molecule has 0 bridgehead atoms. The van der Waals surface area contributed by atoms with Gasteiger partial charge >= 0.3 is 0 Å². The summed E-state index contributed by atoms with van der Waals surface area (Å²) in [7, 11) is 1.67. The lowest BCUT2D eigenvalue weighted by Crippen LogP contribution is -2.38. The molecular formula is C15H20N4O. The molecule has 1 aromatic carbocycles. The SMILES string of the molecule is COc1ccccc1CC(Cc1cnccc1N)NN.